The Kier molecular flexibility index (Phi) is 4.95. The SMILES string of the molecule is CCCC1(C(=O)Nc2ccc(S(=O)CC)cc2)CC1[N+](=O)[O-]. The Morgan fingerprint density at radius 1 is 1.41 bits per heavy atom. The van der Waals surface area contributed by atoms with Crippen LogP contribution in [0.3, 0.4) is 0 Å². The van der Waals surface area contributed by atoms with E-state index in [2.05, 4.69) is 5.32 Å². The third kappa shape index (κ3) is 3.19. The van der Waals surface area contributed by atoms with Crippen LogP contribution in [-0.2, 0) is 15.6 Å². The summed E-state index contributed by atoms with van der Waals surface area (Å²) in [5.74, 6) is 0.246. The predicted molar refractivity (Wildman–Crippen MR) is 84.8 cm³/mol. The first-order chi connectivity index (χ1) is 10.4. The lowest BCUT2D eigenvalue weighted by Crippen LogP contribution is -2.29. The van der Waals surface area contributed by atoms with Gasteiger partial charge in [-0.25, -0.2) is 0 Å². The van der Waals surface area contributed by atoms with Crippen LogP contribution >= 0.6 is 0 Å². The van der Waals surface area contributed by atoms with E-state index in [1.807, 2.05) is 13.8 Å². The number of nitrogens with zero attached hydrogens (tertiary/aromatic N) is 1. The summed E-state index contributed by atoms with van der Waals surface area (Å²) < 4.78 is 11.7. The number of carbonyl (C=O) groups excluding carboxylic acids is 1. The van der Waals surface area contributed by atoms with Gasteiger partial charge in [0.15, 0.2) is 0 Å². The molecule has 6 nitrogen and oxygen atoms in total. The third-order valence-electron chi connectivity index (χ3n) is 4.08. The smallest absolute Gasteiger partial charge is 0.237 e. The van der Waals surface area contributed by atoms with Crippen LogP contribution in [0, 0.1) is 15.5 Å². The highest BCUT2D eigenvalue weighted by molar-refractivity contribution is 7.85. The molecule has 120 valence electrons. The highest BCUT2D eigenvalue weighted by Crippen LogP contribution is 2.52. The van der Waals surface area contributed by atoms with Gasteiger partial charge >= 0.3 is 0 Å². The largest absolute Gasteiger partial charge is 0.325 e. The molecular formula is C15H20N2O4S. The zero-order chi connectivity index (χ0) is 16.3. The van der Waals surface area contributed by atoms with Crippen LogP contribution in [0.1, 0.15) is 33.1 Å². The summed E-state index contributed by atoms with van der Waals surface area (Å²) in [7, 11) is -1.03. The fourth-order valence-corrected chi connectivity index (χ4v) is 3.52. The molecule has 1 aromatic rings. The molecule has 0 spiro atoms. The molecule has 1 aliphatic rings. The van der Waals surface area contributed by atoms with Crippen molar-refractivity contribution in [3.05, 3.63) is 34.4 Å². The van der Waals surface area contributed by atoms with E-state index in [9.17, 15) is 19.1 Å². The lowest BCUT2D eigenvalue weighted by atomic mass is 9.98. The summed E-state index contributed by atoms with van der Waals surface area (Å²) in [5.41, 5.74) is -0.297. The van der Waals surface area contributed by atoms with E-state index >= 15 is 0 Å². The summed E-state index contributed by atoms with van der Waals surface area (Å²) in [6.07, 6.45) is 1.55. The minimum Gasteiger partial charge on any atom is -0.325 e. The average molecular weight is 324 g/mol. The number of anilines is 1. The molecule has 22 heavy (non-hydrogen) atoms. The monoisotopic (exact) mass is 324 g/mol. The minimum atomic E-state index is -1.03. The third-order valence-corrected chi connectivity index (χ3v) is 5.40. The number of nitro groups is 1. The van der Waals surface area contributed by atoms with E-state index < -0.39 is 22.3 Å². The van der Waals surface area contributed by atoms with Crippen LogP contribution in [0.15, 0.2) is 29.2 Å². The number of hydrogen-bond donors (Lipinski definition) is 1. The Morgan fingerprint density at radius 2 is 2.05 bits per heavy atom. The summed E-state index contributed by atoms with van der Waals surface area (Å²) in [6, 6.07) is 6.01. The van der Waals surface area contributed by atoms with Crippen molar-refractivity contribution in [2.24, 2.45) is 5.41 Å². The molecule has 0 radical (unpaired) electrons. The molecule has 2 rings (SSSR count). The first-order valence-corrected chi connectivity index (χ1v) is 8.70. The Bertz CT molecular complexity index is 602. The van der Waals surface area contributed by atoms with Gasteiger partial charge in [0.2, 0.25) is 11.9 Å². The second kappa shape index (κ2) is 6.56. The topological polar surface area (TPSA) is 89.3 Å². The van der Waals surface area contributed by atoms with E-state index in [4.69, 9.17) is 0 Å². The normalized spacial score (nSPS) is 24.5. The predicted octanol–water partition coefficient (Wildman–Crippen LogP) is 2.59. The molecule has 0 aliphatic heterocycles. The van der Waals surface area contributed by atoms with Crippen LogP contribution < -0.4 is 5.32 Å². The number of hydrogen-bond acceptors (Lipinski definition) is 4. The molecule has 7 heteroatoms. The zero-order valence-corrected chi connectivity index (χ0v) is 13.5. The van der Waals surface area contributed by atoms with Crippen LogP contribution in [0.25, 0.3) is 0 Å². The fourth-order valence-electron chi connectivity index (χ4n) is 2.75. The van der Waals surface area contributed by atoms with Crippen LogP contribution in [0.4, 0.5) is 5.69 Å². The highest BCUT2D eigenvalue weighted by Gasteiger charge is 2.68. The van der Waals surface area contributed by atoms with Gasteiger partial charge in [0.25, 0.3) is 0 Å². The lowest BCUT2D eigenvalue weighted by Gasteiger charge is -2.13. The summed E-state index contributed by atoms with van der Waals surface area (Å²) in [6.45, 7) is 3.75. The van der Waals surface area contributed by atoms with Crippen molar-refractivity contribution in [3.8, 4) is 0 Å². The van der Waals surface area contributed by atoms with Crippen molar-refractivity contribution in [2.45, 2.75) is 44.0 Å². The number of amides is 1. The molecule has 1 aliphatic carbocycles. The van der Waals surface area contributed by atoms with Crippen molar-refractivity contribution in [2.75, 3.05) is 11.1 Å². The minimum absolute atomic E-state index is 0.291. The second-order valence-corrected chi connectivity index (χ2v) is 7.26. The molecule has 0 aromatic heterocycles. The molecular weight excluding hydrogens is 304 g/mol. The molecule has 1 amide bonds. The molecule has 3 unspecified atom stereocenters. The van der Waals surface area contributed by atoms with Crippen LogP contribution in [-0.4, -0.2) is 26.8 Å². The maximum Gasteiger partial charge on any atom is 0.237 e. The molecule has 3 atom stereocenters. The van der Waals surface area contributed by atoms with Crippen molar-refractivity contribution < 1.29 is 13.9 Å². The first kappa shape index (κ1) is 16.6. The van der Waals surface area contributed by atoms with Crippen LogP contribution in [0.2, 0.25) is 0 Å². The van der Waals surface area contributed by atoms with Crippen molar-refractivity contribution in [3.63, 3.8) is 0 Å². The van der Waals surface area contributed by atoms with Gasteiger partial charge in [0.1, 0.15) is 5.41 Å². The Labute approximate surface area is 131 Å². The number of nitrogens with one attached hydrogen (secondary N) is 1. The maximum absolute atomic E-state index is 12.4. The Morgan fingerprint density at radius 3 is 2.50 bits per heavy atom. The van der Waals surface area contributed by atoms with E-state index in [1.54, 1.807) is 24.3 Å². The summed E-state index contributed by atoms with van der Waals surface area (Å²) in [4.78, 5) is 23.7. The van der Waals surface area contributed by atoms with Gasteiger partial charge in [0.05, 0.1) is 10.8 Å². The standard InChI is InChI=1S/C15H20N2O4S/c1-3-9-15(10-13(15)17(19)20)14(18)16-11-5-7-12(8-6-11)22(21)4-2/h5-8,13H,3-4,9-10H2,1-2H3,(H,16,18). The van der Waals surface area contributed by atoms with E-state index in [-0.39, 0.29) is 10.8 Å². The molecule has 1 saturated carbocycles. The van der Waals surface area contributed by atoms with Gasteiger partial charge in [0, 0.05) is 27.7 Å². The van der Waals surface area contributed by atoms with E-state index in [1.165, 1.54) is 0 Å². The number of carbonyl (C=O) groups is 1. The average Bonchev–Trinajstić information content (AvgIpc) is 3.24. The van der Waals surface area contributed by atoms with Gasteiger partial charge in [-0.1, -0.05) is 20.3 Å². The van der Waals surface area contributed by atoms with Crippen molar-refractivity contribution in [1.82, 2.24) is 0 Å². The Balaban J connectivity index is 2.08. The highest BCUT2D eigenvalue weighted by atomic mass is 32.2. The molecule has 1 N–H and O–H groups in total. The first-order valence-electron chi connectivity index (χ1n) is 7.38. The van der Waals surface area contributed by atoms with Gasteiger partial charge in [-0.3, -0.25) is 19.1 Å². The fraction of sp³-hybridized carbons (Fsp3) is 0.533. The number of rotatable bonds is 7. The molecule has 1 fully saturated rings. The quantitative estimate of drug-likeness (QED) is 0.616. The van der Waals surface area contributed by atoms with Gasteiger partial charge in [-0.2, -0.15) is 0 Å². The van der Waals surface area contributed by atoms with Gasteiger partial charge < -0.3 is 5.32 Å². The second-order valence-electron chi connectivity index (χ2n) is 5.52. The van der Waals surface area contributed by atoms with Crippen molar-refractivity contribution >= 4 is 22.4 Å². The summed E-state index contributed by atoms with van der Waals surface area (Å²) in [5, 5.41) is 13.7. The summed E-state index contributed by atoms with van der Waals surface area (Å²) >= 11 is 0. The van der Waals surface area contributed by atoms with Crippen molar-refractivity contribution in [1.29, 1.82) is 0 Å². The zero-order valence-electron chi connectivity index (χ0n) is 12.7. The van der Waals surface area contributed by atoms with Crippen LogP contribution in [0.5, 0.6) is 0 Å². The van der Waals surface area contributed by atoms with Gasteiger partial charge in [-0.15, -0.1) is 0 Å². The Hall–Kier alpha value is -1.76. The lowest BCUT2D eigenvalue weighted by molar-refractivity contribution is -0.501. The van der Waals surface area contributed by atoms with E-state index in [0.717, 1.165) is 6.42 Å². The molecule has 0 saturated heterocycles. The molecule has 0 bridgehead atoms. The van der Waals surface area contributed by atoms with E-state index in [0.29, 0.717) is 29.2 Å². The molecule has 1 aromatic carbocycles. The molecule has 0 heterocycles. The van der Waals surface area contributed by atoms with Gasteiger partial charge in [-0.05, 0) is 30.7 Å². The number of benzene rings is 1. The maximum atomic E-state index is 12.4.